The summed E-state index contributed by atoms with van der Waals surface area (Å²) in [4.78, 5) is 13.9. The first kappa shape index (κ1) is 15.7. The molecular formula is C15H21N3O2S. The van der Waals surface area contributed by atoms with E-state index in [4.69, 9.17) is 4.52 Å². The predicted octanol–water partition coefficient (Wildman–Crippen LogP) is 3.10. The molecule has 0 aliphatic heterocycles. The fourth-order valence-corrected chi connectivity index (χ4v) is 2.52. The molecule has 0 saturated heterocycles. The summed E-state index contributed by atoms with van der Waals surface area (Å²) in [5.41, 5.74) is 1.94. The summed E-state index contributed by atoms with van der Waals surface area (Å²) < 4.78 is 5.15. The van der Waals surface area contributed by atoms with Crippen LogP contribution in [0.3, 0.4) is 0 Å². The molecule has 0 spiro atoms. The lowest BCUT2D eigenvalue weighted by molar-refractivity contribution is -0.117. The highest BCUT2D eigenvalue weighted by Crippen LogP contribution is 2.23. The number of carbonyl (C=O) groups excluding carboxylic acids is 1. The number of amides is 1. The summed E-state index contributed by atoms with van der Waals surface area (Å²) >= 11 is 1.66. The molecule has 2 aromatic heterocycles. The Hall–Kier alpha value is -1.66. The summed E-state index contributed by atoms with van der Waals surface area (Å²) in [6, 6.07) is 3.84. The van der Waals surface area contributed by atoms with Gasteiger partial charge in [0, 0.05) is 18.0 Å². The van der Waals surface area contributed by atoms with E-state index in [-0.39, 0.29) is 11.3 Å². The van der Waals surface area contributed by atoms with Crippen LogP contribution in [0.4, 0.5) is 5.88 Å². The average Bonchev–Trinajstić information content (AvgIpc) is 2.98. The van der Waals surface area contributed by atoms with Gasteiger partial charge in [-0.25, -0.2) is 0 Å². The van der Waals surface area contributed by atoms with Crippen molar-refractivity contribution in [3.63, 3.8) is 0 Å². The quantitative estimate of drug-likeness (QED) is 0.922. The van der Waals surface area contributed by atoms with E-state index in [1.54, 1.807) is 17.4 Å². The van der Waals surface area contributed by atoms with Crippen molar-refractivity contribution in [2.75, 3.05) is 18.9 Å². The third kappa shape index (κ3) is 4.68. The lowest BCUT2D eigenvalue weighted by atomic mass is 9.92. The van der Waals surface area contributed by atoms with Crippen molar-refractivity contribution >= 4 is 23.1 Å². The van der Waals surface area contributed by atoms with E-state index in [9.17, 15) is 4.79 Å². The molecule has 1 amide bonds. The van der Waals surface area contributed by atoms with Crippen molar-refractivity contribution in [3.05, 3.63) is 34.2 Å². The SMILES string of the molecule is CN(CC(=O)Nc1cc(C(C)(C)C)no1)Cc1ccsc1. The third-order valence-corrected chi connectivity index (χ3v) is 3.72. The zero-order valence-electron chi connectivity index (χ0n) is 12.8. The first-order chi connectivity index (χ1) is 9.84. The zero-order chi connectivity index (χ0) is 15.5. The van der Waals surface area contributed by atoms with E-state index in [1.165, 1.54) is 5.56 Å². The van der Waals surface area contributed by atoms with Crippen LogP contribution in [0.5, 0.6) is 0 Å². The third-order valence-electron chi connectivity index (χ3n) is 2.99. The fourth-order valence-electron chi connectivity index (χ4n) is 1.86. The molecule has 0 bridgehead atoms. The number of nitrogens with one attached hydrogen (secondary N) is 1. The Labute approximate surface area is 128 Å². The molecule has 0 radical (unpaired) electrons. The molecule has 0 atom stereocenters. The smallest absolute Gasteiger partial charge is 0.240 e. The molecule has 0 aliphatic rings. The second-order valence-corrected chi connectivity index (χ2v) is 6.96. The monoisotopic (exact) mass is 307 g/mol. The topological polar surface area (TPSA) is 58.4 Å². The van der Waals surface area contributed by atoms with E-state index >= 15 is 0 Å². The van der Waals surface area contributed by atoms with Gasteiger partial charge in [0.25, 0.3) is 0 Å². The number of anilines is 1. The van der Waals surface area contributed by atoms with Gasteiger partial charge < -0.3 is 4.52 Å². The van der Waals surface area contributed by atoms with Gasteiger partial charge >= 0.3 is 0 Å². The van der Waals surface area contributed by atoms with Gasteiger partial charge in [0.15, 0.2) is 0 Å². The van der Waals surface area contributed by atoms with E-state index < -0.39 is 0 Å². The summed E-state index contributed by atoms with van der Waals surface area (Å²) in [5.74, 6) is 0.290. The van der Waals surface area contributed by atoms with Crippen LogP contribution in [0, 0.1) is 0 Å². The molecule has 0 saturated carbocycles. The van der Waals surface area contributed by atoms with Gasteiger partial charge in [-0.05, 0) is 29.4 Å². The zero-order valence-corrected chi connectivity index (χ0v) is 13.7. The van der Waals surface area contributed by atoms with Gasteiger partial charge in [-0.15, -0.1) is 0 Å². The number of rotatable bonds is 5. The number of likely N-dealkylation sites (N-methyl/N-ethyl adjacent to an activating group) is 1. The van der Waals surface area contributed by atoms with Crippen LogP contribution >= 0.6 is 11.3 Å². The molecule has 2 aromatic rings. The first-order valence-electron chi connectivity index (χ1n) is 6.81. The standard InChI is InChI=1S/C15H21N3O2S/c1-15(2,3)12-7-14(20-17-12)16-13(19)9-18(4)8-11-5-6-21-10-11/h5-7,10H,8-9H2,1-4H3,(H,16,19). The van der Waals surface area contributed by atoms with Gasteiger partial charge in [0.2, 0.25) is 11.8 Å². The highest BCUT2D eigenvalue weighted by molar-refractivity contribution is 7.07. The minimum atomic E-state index is -0.107. The Morgan fingerprint density at radius 2 is 2.24 bits per heavy atom. The number of hydrogen-bond donors (Lipinski definition) is 1. The van der Waals surface area contributed by atoms with Crippen LogP contribution in [0.2, 0.25) is 0 Å². The Morgan fingerprint density at radius 1 is 1.48 bits per heavy atom. The van der Waals surface area contributed by atoms with Crippen molar-refractivity contribution in [2.45, 2.75) is 32.7 Å². The van der Waals surface area contributed by atoms with Crippen molar-refractivity contribution in [3.8, 4) is 0 Å². The molecule has 0 aliphatic carbocycles. The molecule has 0 aromatic carbocycles. The molecule has 21 heavy (non-hydrogen) atoms. The number of hydrogen-bond acceptors (Lipinski definition) is 5. The Bertz CT molecular complexity index is 584. The second kappa shape index (κ2) is 6.41. The molecule has 114 valence electrons. The second-order valence-electron chi connectivity index (χ2n) is 6.18. The highest BCUT2D eigenvalue weighted by atomic mass is 32.1. The van der Waals surface area contributed by atoms with Crippen molar-refractivity contribution in [2.24, 2.45) is 0 Å². The van der Waals surface area contributed by atoms with E-state index in [1.807, 2.05) is 38.1 Å². The fraction of sp³-hybridized carbons (Fsp3) is 0.467. The van der Waals surface area contributed by atoms with Crippen LogP contribution < -0.4 is 5.32 Å². The summed E-state index contributed by atoms with van der Waals surface area (Å²) in [5, 5.41) is 10.8. The van der Waals surface area contributed by atoms with Gasteiger partial charge in [-0.1, -0.05) is 25.9 Å². The molecule has 5 nitrogen and oxygen atoms in total. The van der Waals surface area contributed by atoms with Crippen LogP contribution in [0.25, 0.3) is 0 Å². The molecule has 0 fully saturated rings. The average molecular weight is 307 g/mol. The molecule has 0 unspecified atom stereocenters. The Morgan fingerprint density at radius 3 is 2.81 bits per heavy atom. The molecule has 6 heteroatoms. The largest absolute Gasteiger partial charge is 0.338 e. The van der Waals surface area contributed by atoms with Gasteiger partial charge in [0.05, 0.1) is 12.2 Å². The lowest BCUT2D eigenvalue weighted by Gasteiger charge is -2.14. The molecule has 2 heterocycles. The van der Waals surface area contributed by atoms with Crippen LogP contribution in [-0.2, 0) is 16.8 Å². The minimum Gasteiger partial charge on any atom is -0.338 e. The van der Waals surface area contributed by atoms with Crippen LogP contribution in [0.15, 0.2) is 27.4 Å². The van der Waals surface area contributed by atoms with Crippen molar-refractivity contribution < 1.29 is 9.32 Å². The van der Waals surface area contributed by atoms with Crippen LogP contribution in [-0.4, -0.2) is 29.6 Å². The lowest BCUT2D eigenvalue weighted by Crippen LogP contribution is -2.29. The maximum atomic E-state index is 12.0. The van der Waals surface area contributed by atoms with Gasteiger partial charge in [0.1, 0.15) is 0 Å². The predicted molar refractivity (Wildman–Crippen MR) is 84.5 cm³/mol. The van der Waals surface area contributed by atoms with Gasteiger partial charge in [-0.3, -0.25) is 15.0 Å². The highest BCUT2D eigenvalue weighted by Gasteiger charge is 2.19. The molecular weight excluding hydrogens is 286 g/mol. The number of thiophene rings is 1. The summed E-state index contributed by atoms with van der Waals surface area (Å²) in [6.45, 7) is 7.20. The van der Waals surface area contributed by atoms with Gasteiger partial charge in [-0.2, -0.15) is 11.3 Å². The number of aromatic nitrogens is 1. The van der Waals surface area contributed by atoms with E-state index in [0.29, 0.717) is 12.4 Å². The van der Waals surface area contributed by atoms with Crippen molar-refractivity contribution in [1.82, 2.24) is 10.1 Å². The summed E-state index contributed by atoms with van der Waals surface area (Å²) in [7, 11) is 1.91. The number of nitrogens with zero attached hydrogens (tertiary/aromatic N) is 2. The normalized spacial score (nSPS) is 11.9. The van der Waals surface area contributed by atoms with E-state index in [2.05, 4.69) is 21.9 Å². The van der Waals surface area contributed by atoms with E-state index in [0.717, 1.165) is 12.2 Å². The Balaban J connectivity index is 1.85. The summed E-state index contributed by atoms with van der Waals surface area (Å²) in [6.07, 6.45) is 0. The minimum absolute atomic E-state index is 0.0950. The Kier molecular flexibility index (Phi) is 4.80. The van der Waals surface area contributed by atoms with Crippen LogP contribution in [0.1, 0.15) is 32.0 Å². The number of carbonyl (C=O) groups is 1. The molecule has 1 N–H and O–H groups in total. The van der Waals surface area contributed by atoms with Crippen molar-refractivity contribution in [1.29, 1.82) is 0 Å². The molecule has 2 rings (SSSR count). The maximum absolute atomic E-state index is 12.0. The maximum Gasteiger partial charge on any atom is 0.240 e. The first-order valence-corrected chi connectivity index (χ1v) is 7.75.